The van der Waals surface area contributed by atoms with E-state index in [0.717, 1.165) is 45.1 Å². The van der Waals surface area contributed by atoms with Gasteiger partial charge in [-0.05, 0) is 59.0 Å². The van der Waals surface area contributed by atoms with Crippen molar-refractivity contribution in [1.29, 1.82) is 0 Å². The third-order valence-corrected chi connectivity index (χ3v) is 9.17. The number of anilines is 2. The van der Waals surface area contributed by atoms with Gasteiger partial charge in [0.1, 0.15) is 11.5 Å². The Bertz CT molecular complexity index is 1870. The average Bonchev–Trinajstić information content (AvgIpc) is 3.38. The Hall–Kier alpha value is -5.04. The first-order chi connectivity index (χ1) is 23.5. The highest BCUT2D eigenvalue weighted by Crippen LogP contribution is 2.35. The van der Waals surface area contributed by atoms with Crippen LogP contribution >= 0.6 is 0 Å². The number of likely N-dealkylation sites (tertiary alicyclic amines) is 2. The van der Waals surface area contributed by atoms with Crippen LogP contribution in [0.5, 0.6) is 11.5 Å². The zero-order valence-corrected chi connectivity index (χ0v) is 28.9. The van der Waals surface area contributed by atoms with Gasteiger partial charge in [0.2, 0.25) is 11.6 Å². The van der Waals surface area contributed by atoms with Crippen molar-refractivity contribution >= 4 is 34.2 Å². The molecule has 0 saturated carbocycles. The first-order valence-corrected chi connectivity index (χ1v) is 16.4. The normalized spacial score (nSPS) is 16.3. The van der Waals surface area contributed by atoms with Crippen molar-refractivity contribution in [3.63, 3.8) is 0 Å². The van der Waals surface area contributed by atoms with Gasteiger partial charge in [0, 0.05) is 66.5 Å². The van der Waals surface area contributed by atoms with Crippen molar-refractivity contribution in [2.24, 2.45) is 0 Å². The van der Waals surface area contributed by atoms with Crippen molar-refractivity contribution in [2.45, 2.75) is 38.4 Å². The molecule has 0 spiro atoms. The van der Waals surface area contributed by atoms with Crippen LogP contribution in [0.2, 0.25) is 0 Å². The van der Waals surface area contributed by atoms with E-state index < -0.39 is 11.6 Å². The number of halogens is 1. The van der Waals surface area contributed by atoms with Gasteiger partial charge in [-0.15, -0.1) is 0 Å². The molecule has 0 radical (unpaired) electrons. The van der Waals surface area contributed by atoms with Crippen molar-refractivity contribution in [2.75, 3.05) is 66.4 Å². The van der Waals surface area contributed by atoms with Crippen LogP contribution in [0, 0.1) is 13.8 Å². The third-order valence-electron chi connectivity index (χ3n) is 9.17. The molecule has 0 bridgehead atoms. The molecule has 0 unspecified atom stereocenters. The first kappa shape index (κ1) is 33.8. The van der Waals surface area contributed by atoms with E-state index in [1.165, 1.54) is 11.0 Å². The van der Waals surface area contributed by atoms with Gasteiger partial charge in [-0.1, -0.05) is 6.08 Å². The molecular weight excluding hydrogens is 627 g/mol. The summed E-state index contributed by atoms with van der Waals surface area (Å²) >= 11 is 0. The fourth-order valence-corrected chi connectivity index (χ4v) is 6.56. The number of methoxy groups -OCH3 is 2. The number of alkyl halides is 1. The summed E-state index contributed by atoms with van der Waals surface area (Å²) in [5, 5.41) is 8.29. The predicted molar refractivity (Wildman–Crippen MR) is 186 cm³/mol. The van der Waals surface area contributed by atoms with Gasteiger partial charge in [0.15, 0.2) is 0 Å². The van der Waals surface area contributed by atoms with Crippen LogP contribution in [0.1, 0.15) is 30.3 Å². The number of aryl methyl sites for hydroxylation is 1. The number of benzene rings is 2. The zero-order chi connectivity index (χ0) is 34.9. The van der Waals surface area contributed by atoms with Gasteiger partial charge < -0.3 is 29.5 Å². The molecule has 0 atom stereocenters. The Balaban J connectivity index is 1.12. The van der Waals surface area contributed by atoms with Crippen LogP contribution in [-0.2, 0) is 9.59 Å². The minimum absolute atomic E-state index is 0.0532. The molecule has 13 heteroatoms. The number of carbonyl (C=O) groups is 2. The lowest BCUT2D eigenvalue weighted by Gasteiger charge is -2.45. The number of fused-ring (bicyclic) bond motifs is 1. The van der Waals surface area contributed by atoms with E-state index >= 15 is 4.39 Å². The van der Waals surface area contributed by atoms with E-state index in [4.69, 9.17) is 24.5 Å². The van der Waals surface area contributed by atoms with Gasteiger partial charge in [-0.25, -0.2) is 9.37 Å². The van der Waals surface area contributed by atoms with Crippen LogP contribution in [0.15, 0.2) is 54.7 Å². The molecule has 2 aliphatic rings. The molecule has 2 fully saturated rings. The number of nitrogens with zero attached hydrogens (tertiary/aromatic N) is 7. The molecule has 2 aromatic carbocycles. The van der Waals surface area contributed by atoms with Gasteiger partial charge in [-0.3, -0.25) is 19.3 Å². The number of piperidine rings is 1. The zero-order valence-electron chi connectivity index (χ0n) is 28.9. The lowest BCUT2D eigenvalue weighted by molar-refractivity contribution is -0.162. The van der Waals surface area contributed by atoms with Crippen LogP contribution in [0.3, 0.4) is 0 Å². The van der Waals surface area contributed by atoms with Crippen LogP contribution in [0.4, 0.5) is 15.8 Å². The number of amides is 2. The number of nitrogens with one attached hydrogen (secondary N) is 1. The second kappa shape index (κ2) is 13.8. The molecule has 49 heavy (non-hydrogen) atoms. The molecule has 2 aliphatic heterocycles. The number of hydrogen-bond acceptors (Lipinski definition) is 9. The van der Waals surface area contributed by atoms with Crippen LogP contribution < -0.4 is 14.8 Å². The Morgan fingerprint density at radius 3 is 2.35 bits per heavy atom. The molecule has 4 aromatic rings. The lowest BCUT2D eigenvalue weighted by atomic mass is 9.92. The lowest BCUT2D eigenvalue weighted by Crippen LogP contribution is -2.68. The number of carbonyl (C=O) groups excluding carboxylic acids is 2. The second-order valence-corrected chi connectivity index (χ2v) is 13.0. The quantitative estimate of drug-likeness (QED) is 0.240. The van der Waals surface area contributed by atoms with Gasteiger partial charge in [0.05, 0.1) is 62.0 Å². The summed E-state index contributed by atoms with van der Waals surface area (Å²) in [7, 11) is 7.03. The summed E-state index contributed by atoms with van der Waals surface area (Å²) in [5.74, 6) is 0.550. The number of likely N-dealkylation sites (N-methyl/N-ethyl adjacent to an activating group) is 1. The largest absolute Gasteiger partial charge is 0.497 e. The standard InChI is InChI=1S/C36H43FN8O4/c1-23-34(32-20-38-30-10-9-25(18-31(30)40-32)39-26-16-28(48-5)19-29(17-26)49-6)24(2)45(41-23)27-11-14-43(15-12-27)35(47)36(37)21-44(22-36)33(46)8-7-13-42(3)4/h7-10,16-20,27,39H,11-15,21-22H2,1-6H3/b8-7+. The minimum atomic E-state index is -2.03. The highest BCUT2D eigenvalue weighted by Gasteiger charge is 2.53. The van der Waals surface area contributed by atoms with E-state index in [2.05, 4.69) is 5.32 Å². The summed E-state index contributed by atoms with van der Waals surface area (Å²) in [6, 6.07) is 11.5. The highest BCUT2D eigenvalue weighted by atomic mass is 19.1. The van der Waals surface area contributed by atoms with Crippen molar-refractivity contribution in [1.82, 2.24) is 34.4 Å². The maximum atomic E-state index is 15.5. The Kier molecular flexibility index (Phi) is 9.55. The maximum absolute atomic E-state index is 15.5. The monoisotopic (exact) mass is 670 g/mol. The molecule has 2 saturated heterocycles. The number of ether oxygens (including phenoxy) is 2. The molecule has 12 nitrogen and oxygen atoms in total. The third kappa shape index (κ3) is 7.07. The van der Waals surface area contributed by atoms with Crippen molar-refractivity contribution in [3.05, 3.63) is 66.1 Å². The van der Waals surface area contributed by atoms with Crippen LogP contribution in [-0.4, -0.2) is 113 Å². The smallest absolute Gasteiger partial charge is 0.264 e. The Morgan fingerprint density at radius 1 is 1.00 bits per heavy atom. The van der Waals surface area contributed by atoms with Crippen molar-refractivity contribution in [3.8, 4) is 22.8 Å². The van der Waals surface area contributed by atoms with Crippen LogP contribution in [0.25, 0.3) is 22.3 Å². The van der Waals surface area contributed by atoms with E-state index in [-0.39, 0.29) is 25.0 Å². The minimum Gasteiger partial charge on any atom is -0.497 e. The summed E-state index contributed by atoms with van der Waals surface area (Å²) < 4.78 is 28.3. The maximum Gasteiger partial charge on any atom is 0.264 e. The highest BCUT2D eigenvalue weighted by molar-refractivity contribution is 5.93. The number of aromatic nitrogens is 4. The van der Waals surface area contributed by atoms with E-state index in [9.17, 15) is 9.59 Å². The molecule has 2 aromatic heterocycles. The molecular formula is C36H43FN8O4. The SMILES string of the molecule is COc1cc(Nc2ccc3ncc(-c4c(C)nn(C5CCN(C(=O)C6(F)CN(C(=O)/C=C/CN(C)C)C6)CC5)c4C)nc3c2)cc(OC)c1. The molecule has 6 rings (SSSR count). The van der Waals surface area contributed by atoms with E-state index in [1.54, 1.807) is 31.4 Å². The second-order valence-electron chi connectivity index (χ2n) is 13.0. The Morgan fingerprint density at radius 2 is 1.69 bits per heavy atom. The molecule has 258 valence electrons. The van der Waals surface area contributed by atoms with E-state index in [1.807, 2.05) is 73.9 Å². The molecule has 2 amide bonds. The number of rotatable bonds is 10. The summed E-state index contributed by atoms with van der Waals surface area (Å²) in [4.78, 5) is 40.1. The van der Waals surface area contributed by atoms with Crippen molar-refractivity contribution < 1.29 is 23.5 Å². The fraction of sp³-hybridized carbons (Fsp3) is 0.417. The summed E-state index contributed by atoms with van der Waals surface area (Å²) in [5.41, 5.74) is 4.57. The summed E-state index contributed by atoms with van der Waals surface area (Å²) in [6.45, 7) is 5.02. The van der Waals surface area contributed by atoms with E-state index in [0.29, 0.717) is 44.0 Å². The Labute approximate surface area is 285 Å². The molecule has 0 aliphatic carbocycles. The van der Waals surface area contributed by atoms with Gasteiger partial charge >= 0.3 is 0 Å². The van der Waals surface area contributed by atoms with Gasteiger partial charge in [-0.2, -0.15) is 5.10 Å². The summed E-state index contributed by atoms with van der Waals surface area (Å²) in [6.07, 6.45) is 6.24. The topological polar surface area (TPSA) is 118 Å². The molecule has 4 heterocycles. The first-order valence-electron chi connectivity index (χ1n) is 16.4. The van der Waals surface area contributed by atoms with Gasteiger partial charge in [0.25, 0.3) is 5.91 Å². The average molecular weight is 671 g/mol. The number of hydrogen-bond donors (Lipinski definition) is 1. The fourth-order valence-electron chi connectivity index (χ4n) is 6.56. The predicted octanol–water partition coefficient (Wildman–Crippen LogP) is 4.70. The molecule has 1 N–H and O–H groups in total.